The van der Waals surface area contributed by atoms with Crippen LogP contribution in [0.3, 0.4) is 0 Å². The molecule has 176 valence electrons. The maximum absolute atomic E-state index is 12.7. The number of amides is 1. The topological polar surface area (TPSA) is 77.8 Å². The van der Waals surface area contributed by atoms with Gasteiger partial charge in [-0.3, -0.25) is 4.79 Å². The van der Waals surface area contributed by atoms with E-state index in [0.717, 1.165) is 27.0 Å². The monoisotopic (exact) mass is 497 g/mol. The minimum Gasteiger partial charge on any atom is -0.485 e. The Morgan fingerprint density at radius 2 is 1.91 bits per heavy atom. The molecule has 8 heteroatoms. The highest BCUT2D eigenvalue weighted by atomic mass is 35.5. The average Bonchev–Trinajstić information content (AvgIpc) is 3.41. The van der Waals surface area contributed by atoms with Crippen molar-refractivity contribution in [2.24, 2.45) is 0 Å². The lowest BCUT2D eigenvalue weighted by Crippen LogP contribution is -2.10. The van der Waals surface area contributed by atoms with Crippen molar-refractivity contribution in [3.8, 4) is 5.75 Å². The molecule has 2 heterocycles. The van der Waals surface area contributed by atoms with Gasteiger partial charge in [-0.05, 0) is 60.4 Å². The molecular formula is C26H24ClNO5S. The van der Waals surface area contributed by atoms with Gasteiger partial charge >= 0.3 is 5.97 Å². The third-order valence-electron chi connectivity index (χ3n) is 5.30. The van der Waals surface area contributed by atoms with Crippen LogP contribution in [0.1, 0.15) is 56.9 Å². The first-order valence-electron chi connectivity index (χ1n) is 10.7. The molecule has 0 bridgehead atoms. The van der Waals surface area contributed by atoms with Crippen LogP contribution in [0.5, 0.6) is 5.75 Å². The van der Waals surface area contributed by atoms with Crippen LogP contribution in [-0.2, 0) is 11.3 Å². The number of fused-ring (bicyclic) bond motifs is 1. The van der Waals surface area contributed by atoms with Crippen LogP contribution in [0.4, 0.5) is 5.69 Å². The number of hydrogen-bond acceptors (Lipinski definition) is 6. The Kier molecular flexibility index (Phi) is 6.95. The number of ether oxygens (including phenoxy) is 2. The lowest BCUT2D eigenvalue weighted by Gasteiger charge is -2.14. The molecule has 0 radical (unpaired) electrons. The Balaban J connectivity index is 1.45. The molecule has 0 atom stereocenters. The molecule has 34 heavy (non-hydrogen) atoms. The highest BCUT2D eigenvalue weighted by Crippen LogP contribution is 2.37. The maximum atomic E-state index is 12.7. The summed E-state index contributed by atoms with van der Waals surface area (Å²) in [6.07, 6.45) is 0. The Labute approximate surface area is 206 Å². The largest absolute Gasteiger partial charge is 0.485 e. The maximum Gasteiger partial charge on any atom is 0.349 e. The van der Waals surface area contributed by atoms with Gasteiger partial charge in [0.05, 0.1) is 12.1 Å². The van der Waals surface area contributed by atoms with Crippen molar-refractivity contribution < 1.29 is 23.5 Å². The van der Waals surface area contributed by atoms with Gasteiger partial charge in [0.1, 0.15) is 23.0 Å². The number of methoxy groups -OCH3 is 1. The van der Waals surface area contributed by atoms with E-state index in [9.17, 15) is 9.59 Å². The first-order chi connectivity index (χ1) is 16.3. The van der Waals surface area contributed by atoms with E-state index < -0.39 is 5.97 Å². The predicted molar refractivity (Wildman–Crippen MR) is 134 cm³/mol. The number of carbonyl (C=O) groups excluding carboxylic acids is 2. The van der Waals surface area contributed by atoms with Crippen LogP contribution < -0.4 is 10.1 Å². The van der Waals surface area contributed by atoms with Gasteiger partial charge in [0, 0.05) is 15.8 Å². The molecule has 1 N–H and O–H groups in total. The zero-order chi connectivity index (χ0) is 24.4. The van der Waals surface area contributed by atoms with Gasteiger partial charge in [0.25, 0.3) is 5.91 Å². The Hall–Kier alpha value is -3.29. The van der Waals surface area contributed by atoms with Crippen molar-refractivity contribution in [3.05, 3.63) is 81.1 Å². The SMILES string of the molecule is COC(=O)c1sc2cc(NC(=O)c3ccc(COc4cc(C)ccc4C(C)C)o3)ccc2c1Cl. The second-order valence-electron chi connectivity index (χ2n) is 8.15. The van der Waals surface area contributed by atoms with Crippen molar-refractivity contribution >= 4 is 50.6 Å². The number of aryl methyl sites for hydroxylation is 1. The Morgan fingerprint density at radius 3 is 2.65 bits per heavy atom. The fourth-order valence-corrected chi connectivity index (χ4v) is 5.00. The highest BCUT2D eigenvalue weighted by Gasteiger charge is 2.19. The van der Waals surface area contributed by atoms with Gasteiger partial charge in [0.15, 0.2) is 5.76 Å². The van der Waals surface area contributed by atoms with Crippen LogP contribution in [-0.4, -0.2) is 19.0 Å². The molecule has 0 saturated carbocycles. The van der Waals surface area contributed by atoms with Crippen molar-refractivity contribution in [2.75, 3.05) is 12.4 Å². The average molecular weight is 498 g/mol. The van der Waals surface area contributed by atoms with Crippen molar-refractivity contribution in [2.45, 2.75) is 33.3 Å². The molecule has 2 aromatic heterocycles. The van der Waals surface area contributed by atoms with Gasteiger partial charge in [-0.2, -0.15) is 0 Å². The van der Waals surface area contributed by atoms with E-state index >= 15 is 0 Å². The number of rotatable bonds is 7. The van der Waals surface area contributed by atoms with E-state index in [1.165, 1.54) is 18.4 Å². The summed E-state index contributed by atoms with van der Waals surface area (Å²) in [5.41, 5.74) is 2.79. The smallest absolute Gasteiger partial charge is 0.349 e. The van der Waals surface area contributed by atoms with Crippen LogP contribution in [0.15, 0.2) is 52.9 Å². The van der Waals surface area contributed by atoms with E-state index in [1.807, 2.05) is 13.0 Å². The molecule has 0 spiro atoms. The number of halogens is 1. The summed E-state index contributed by atoms with van der Waals surface area (Å²) in [5, 5.41) is 3.88. The quantitative estimate of drug-likeness (QED) is 0.273. The summed E-state index contributed by atoms with van der Waals surface area (Å²) in [7, 11) is 1.31. The standard InChI is InChI=1S/C26H24ClNO5S/c1-14(2)18-8-5-15(3)11-21(18)32-13-17-7-10-20(33-17)25(29)28-16-6-9-19-22(12-16)34-24(23(19)27)26(30)31-4/h5-12,14H,13H2,1-4H3,(H,28,29). The summed E-state index contributed by atoms with van der Waals surface area (Å²) in [4.78, 5) is 24.9. The van der Waals surface area contributed by atoms with Crippen molar-refractivity contribution in [1.82, 2.24) is 0 Å². The molecule has 4 aromatic rings. The molecule has 6 nitrogen and oxygen atoms in total. The zero-order valence-electron chi connectivity index (χ0n) is 19.2. The van der Waals surface area contributed by atoms with Gasteiger partial charge in [-0.15, -0.1) is 11.3 Å². The molecule has 1 amide bonds. The van der Waals surface area contributed by atoms with Crippen LogP contribution in [0.25, 0.3) is 10.1 Å². The number of carbonyl (C=O) groups is 2. The van der Waals surface area contributed by atoms with E-state index in [4.69, 9.17) is 25.5 Å². The van der Waals surface area contributed by atoms with Gasteiger partial charge in [0.2, 0.25) is 0 Å². The number of hydrogen-bond donors (Lipinski definition) is 1. The molecule has 0 aliphatic heterocycles. The number of thiophene rings is 1. The first-order valence-corrected chi connectivity index (χ1v) is 11.9. The molecule has 2 aromatic carbocycles. The fourth-order valence-electron chi connectivity index (χ4n) is 3.53. The number of esters is 1. The summed E-state index contributed by atoms with van der Waals surface area (Å²) in [6.45, 7) is 6.46. The third-order valence-corrected chi connectivity index (χ3v) is 6.94. The van der Waals surface area contributed by atoms with Crippen molar-refractivity contribution in [3.63, 3.8) is 0 Å². The molecule has 4 rings (SSSR count). The summed E-state index contributed by atoms with van der Waals surface area (Å²) < 4.78 is 17.2. The summed E-state index contributed by atoms with van der Waals surface area (Å²) in [5.74, 6) is 0.976. The van der Waals surface area contributed by atoms with Gasteiger partial charge in [-0.1, -0.05) is 37.6 Å². The molecule has 0 aliphatic rings. The van der Waals surface area contributed by atoms with Crippen LogP contribution >= 0.6 is 22.9 Å². The molecule has 0 saturated heterocycles. The Bertz CT molecular complexity index is 1370. The minimum absolute atomic E-state index is 0.173. The third kappa shape index (κ3) is 4.95. The number of benzene rings is 2. The normalized spacial score (nSPS) is 11.1. The number of nitrogens with one attached hydrogen (secondary N) is 1. The van der Waals surface area contributed by atoms with Gasteiger partial charge in [-0.25, -0.2) is 4.79 Å². The first kappa shape index (κ1) is 23.9. The summed E-state index contributed by atoms with van der Waals surface area (Å²) >= 11 is 7.50. The van der Waals surface area contributed by atoms with E-state index in [0.29, 0.717) is 27.3 Å². The number of anilines is 1. The van der Waals surface area contributed by atoms with E-state index in [2.05, 4.69) is 31.3 Å². The second-order valence-corrected chi connectivity index (χ2v) is 9.58. The number of furan rings is 1. The zero-order valence-corrected chi connectivity index (χ0v) is 20.8. The van der Waals surface area contributed by atoms with Crippen LogP contribution in [0.2, 0.25) is 5.02 Å². The lowest BCUT2D eigenvalue weighted by atomic mass is 10.0. The Morgan fingerprint density at radius 1 is 1.12 bits per heavy atom. The second kappa shape index (κ2) is 9.91. The lowest BCUT2D eigenvalue weighted by molar-refractivity contribution is 0.0606. The summed E-state index contributed by atoms with van der Waals surface area (Å²) in [6, 6.07) is 14.7. The predicted octanol–water partition coefficient (Wildman–Crippen LogP) is 7.20. The van der Waals surface area contributed by atoms with Crippen molar-refractivity contribution in [1.29, 1.82) is 0 Å². The van der Waals surface area contributed by atoms with E-state index in [1.54, 1.807) is 30.3 Å². The highest BCUT2D eigenvalue weighted by molar-refractivity contribution is 7.21. The minimum atomic E-state index is -0.492. The van der Waals surface area contributed by atoms with E-state index in [-0.39, 0.29) is 18.3 Å². The molecule has 0 aliphatic carbocycles. The molecule has 0 fully saturated rings. The molecule has 0 unspecified atom stereocenters. The fraction of sp³-hybridized carbons (Fsp3) is 0.231. The van der Waals surface area contributed by atoms with Crippen LogP contribution in [0, 0.1) is 6.92 Å². The molecular weight excluding hydrogens is 474 g/mol. The van der Waals surface area contributed by atoms with Gasteiger partial charge < -0.3 is 19.2 Å².